The topological polar surface area (TPSA) is 39.2 Å². The molecule has 2 aromatic rings. The van der Waals surface area contributed by atoms with Gasteiger partial charge in [0.1, 0.15) is 5.75 Å². The molecule has 0 aliphatic carbocycles. The van der Waals surface area contributed by atoms with E-state index in [0.29, 0.717) is 22.1 Å². The van der Waals surface area contributed by atoms with Gasteiger partial charge in [0.25, 0.3) is 0 Å². The summed E-state index contributed by atoms with van der Waals surface area (Å²) in [5, 5.41) is 2.42. The number of hydrogen-bond donors (Lipinski definition) is 0. The molecule has 1 aromatic carbocycles. The van der Waals surface area contributed by atoms with Crippen molar-refractivity contribution in [3.63, 3.8) is 0 Å². The van der Waals surface area contributed by atoms with Crippen LogP contribution in [0, 0.1) is 6.92 Å². The molecule has 0 atom stereocenters. The molecule has 0 aliphatic rings. The van der Waals surface area contributed by atoms with E-state index < -0.39 is 0 Å². The zero-order valence-corrected chi connectivity index (χ0v) is 12.9. The van der Waals surface area contributed by atoms with E-state index in [-0.39, 0.29) is 5.78 Å². The number of ketones is 1. The highest BCUT2D eigenvalue weighted by atomic mass is 35.5. The van der Waals surface area contributed by atoms with E-state index in [1.165, 1.54) is 11.8 Å². The van der Waals surface area contributed by atoms with Gasteiger partial charge in [-0.2, -0.15) is 0 Å². The second kappa shape index (κ2) is 6.41. The first-order valence-corrected chi connectivity index (χ1v) is 7.76. The van der Waals surface area contributed by atoms with Gasteiger partial charge in [-0.05, 0) is 25.1 Å². The Bertz CT molecular complexity index is 598. The number of Topliss-reactive ketones (excluding diaryl/α,β-unsaturated/α-hetero) is 1. The molecule has 1 heterocycles. The maximum absolute atomic E-state index is 12.0. The molecular weight excluding hydrogens is 302 g/mol. The first-order valence-electron chi connectivity index (χ1n) is 5.52. The smallest absolute Gasteiger partial charge is 0.173 e. The number of halogens is 1. The van der Waals surface area contributed by atoms with Gasteiger partial charge in [0.15, 0.2) is 10.1 Å². The van der Waals surface area contributed by atoms with Crippen molar-refractivity contribution in [2.75, 3.05) is 12.9 Å². The minimum absolute atomic E-state index is 0.0300. The Balaban J connectivity index is 2.01. The summed E-state index contributed by atoms with van der Waals surface area (Å²) in [6.45, 7) is 1.94. The molecule has 0 unspecified atom stereocenters. The Morgan fingerprint density at radius 1 is 1.53 bits per heavy atom. The number of hydrogen-bond acceptors (Lipinski definition) is 5. The Labute approximate surface area is 125 Å². The predicted octanol–water partition coefficient (Wildman–Crippen LogP) is 4.09. The summed E-state index contributed by atoms with van der Waals surface area (Å²) < 4.78 is 5.96. The van der Waals surface area contributed by atoms with E-state index in [1.807, 2.05) is 12.3 Å². The SMILES string of the molecule is COc1ccc(C(=O)CSc2nc(C)cs2)cc1Cl. The average molecular weight is 314 g/mol. The van der Waals surface area contributed by atoms with E-state index in [4.69, 9.17) is 16.3 Å². The highest BCUT2D eigenvalue weighted by molar-refractivity contribution is 8.01. The Morgan fingerprint density at radius 3 is 2.89 bits per heavy atom. The van der Waals surface area contributed by atoms with Gasteiger partial charge in [0.05, 0.1) is 17.9 Å². The maximum atomic E-state index is 12.0. The van der Waals surface area contributed by atoms with Crippen LogP contribution >= 0.6 is 34.7 Å². The molecule has 0 saturated heterocycles. The third kappa shape index (κ3) is 3.72. The van der Waals surface area contributed by atoms with Gasteiger partial charge in [-0.25, -0.2) is 4.98 Å². The molecule has 2 rings (SSSR count). The first-order chi connectivity index (χ1) is 9.10. The maximum Gasteiger partial charge on any atom is 0.173 e. The number of thiazole rings is 1. The minimum Gasteiger partial charge on any atom is -0.495 e. The van der Waals surface area contributed by atoms with Gasteiger partial charge < -0.3 is 4.74 Å². The molecule has 0 bridgehead atoms. The van der Waals surface area contributed by atoms with Crippen LogP contribution in [0.5, 0.6) is 5.75 Å². The second-order valence-electron chi connectivity index (χ2n) is 3.82. The molecule has 0 radical (unpaired) electrons. The fraction of sp³-hybridized carbons (Fsp3) is 0.231. The third-order valence-electron chi connectivity index (χ3n) is 2.40. The largest absolute Gasteiger partial charge is 0.495 e. The number of nitrogens with zero attached hydrogens (tertiary/aromatic N) is 1. The van der Waals surface area contributed by atoms with E-state index in [1.54, 1.807) is 36.6 Å². The van der Waals surface area contributed by atoms with Crippen LogP contribution in [-0.2, 0) is 0 Å². The van der Waals surface area contributed by atoms with Gasteiger partial charge in [-0.1, -0.05) is 23.4 Å². The summed E-state index contributed by atoms with van der Waals surface area (Å²) in [4.78, 5) is 16.3. The standard InChI is InChI=1S/C13H12ClNO2S2/c1-8-6-18-13(15-8)19-7-11(16)9-3-4-12(17-2)10(14)5-9/h3-6H,7H2,1-2H3. The summed E-state index contributed by atoms with van der Waals surface area (Å²) in [5.74, 6) is 0.958. The second-order valence-corrected chi connectivity index (χ2v) is 6.30. The molecule has 0 amide bonds. The lowest BCUT2D eigenvalue weighted by Gasteiger charge is -2.05. The van der Waals surface area contributed by atoms with Gasteiger partial charge in [-0.15, -0.1) is 11.3 Å². The lowest BCUT2D eigenvalue weighted by molar-refractivity contribution is 0.102. The fourth-order valence-corrected chi connectivity index (χ4v) is 3.45. The zero-order chi connectivity index (χ0) is 13.8. The lowest BCUT2D eigenvalue weighted by Crippen LogP contribution is -2.02. The predicted molar refractivity (Wildman–Crippen MR) is 79.9 cm³/mol. The summed E-state index contributed by atoms with van der Waals surface area (Å²) in [7, 11) is 1.54. The van der Waals surface area contributed by atoms with E-state index >= 15 is 0 Å². The van der Waals surface area contributed by atoms with Gasteiger partial charge >= 0.3 is 0 Å². The molecule has 100 valence electrons. The summed E-state index contributed by atoms with van der Waals surface area (Å²) in [6, 6.07) is 5.06. The van der Waals surface area contributed by atoms with Crippen molar-refractivity contribution >= 4 is 40.5 Å². The van der Waals surface area contributed by atoms with Crippen LogP contribution in [0.3, 0.4) is 0 Å². The summed E-state index contributed by atoms with van der Waals surface area (Å²) >= 11 is 8.99. The number of rotatable bonds is 5. The minimum atomic E-state index is 0.0300. The van der Waals surface area contributed by atoms with Crippen molar-refractivity contribution in [3.8, 4) is 5.75 Å². The molecule has 19 heavy (non-hydrogen) atoms. The number of ether oxygens (including phenoxy) is 1. The lowest BCUT2D eigenvalue weighted by atomic mass is 10.1. The van der Waals surface area contributed by atoms with E-state index in [0.717, 1.165) is 10.0 Å². The Kier molecular flexibility index (Phi) is 4.85. The Morgan fingerprint density at radius 2 is 2.32 bits per heavy atom. The average Bonchev–Trinajstić information content (AvgIpc) is 2.81. The number of carbonyl (C=O) groups is 1. The van der Waals surface area contributed by atoms with Crippen LogP contribution < -0.4 is 4.74 Å². The van der Waals surface area contributed by atoms with Crippen LogP contribution in [-0.4, -0.2) is 23.6 Å². The molecule has 0 fully saturated rings. The third-order valence-corrected chi connectivity index (χ3v) is 4.83. The van der Waals surface area contributed by atoms with Crippen molar-refractivity contribution in [2.24, 2.45) is 0 Å². The highest BCUT2D eigenvalue weighted by Gasteiger charge is 2.11. The first kappa shape index (κ1) is 14.4. The van der Waals surface area contributed by atoms with Crippen LogP contribution in [0.25, 0.3) is 0 Å². The molecule has 0 spiro atoms. The van der Waals surface area contributed by atoms with Gasteiger partial charge in [-0.3, -0.25) is 4.79 Å². The van der Waals surface area contributed by atoms with Gasteiger partial charge in [0.2, 0.25) is 0 Å². The molecule has 3 nitrogen and oxygen atoms in total. The highest BCUT2D eigenvalue weighted by Crippen LogP contribution is 2.27. The van der Waals surface area contributed by atoms with Crippen LogP contribution in [0.4, 0.5) is 0 Å². The molecule has 0 saturated carbocycles. The molecule has 0 aliphatic heterocycles. The summed E-state index contributed by atoms with van der Waals surface area (Å²) in [6.07, 6.45) is 0. The fourth-order valence-electron chi connectivity index (χ4n) is 1.45. The van der Waals surface area contributed by atoms with E-state index in [9.17, 15) is 4.79 Å². The number of thioether (sulfide) groups is 1. The number of aryl methyl sites for hydroxylation is 1. The number of methoxy groups -OCH3 is 1. The number of benzene rings is 1. The number of carbonyl (C=O) groups excluding carboxylic acids is 1. The van der Waals surface area contributed by atoms with Crippen LogP contribution in [0.15, 0.2) is 27.9 Å². The van der Waals surface area contributed by atoms with Crippen LogP contribution in [0.1, 0.15) is 16.1 Å². The van der Waals surface area contributed by atoms with Crippen molar-refractivity contribution in [2.45, 2.75) is 11.3 Å². The van der Waals surface area contributed by atoms with Crippen molar-refractivity contribution < 1.29 is 9.53 Å². The van der Waals surface area contributed by atoms with Crippen molar-refractivity contribution in [3.05, 3.63) is 39.9 Å². The van der Waals surface area contributed by atoms with Crippen molar-refractivity contribution in [1.82, 2.24) is 4.98 Å². The number of aromatic nitrogens is 1. The van der Waals surface area contributed by atoms with Crippen molar-refractivity contribution in [1.29, 1.82) is 0 Å². The normalized spacial score (nSPS) is 10.5. The monoisotopic (exact) mass is 313 g/mol. The van der Waals surface area contributed by atoms with Crippen LogP contribution in [0.2, 0.25) is 5.02 Å². The molecule has 1 aromatic heterocycles. The van der Waals surface area contributed by atoms with Gasteiger partial charge in [0, 0.05) is 16.6 Å². The Hall–Kier alpha value is -1.04. The molecule has 6 heteroatoms. The molecular formula is C13H12ClNO2S2. The van der Waals surface area contributed by atoms with E-state index in [2.05, 4.69) is 4.98 Å². The zero-order valence-electron chi connectivity index (χ0n) is 10.5. The quantitative estimate of drug-likeness (QED) is 0.615. The molecule has 0 N–H and O–H groups in total. The summed E-state index contributed by atoms with van der Waals surface area (Å²) in [5.41, 5.74) is 1.57.